The average Bonchev–Trinajstić information content (AvgIpc) is 2.88. The Labute approximate surface area is 114 Å². The minimum Gasteiger partial charge on any atom is -0.497 e. The summed E-state index contributed by atoms with van der Waals surface area (Å²) < 4.78 is 13.0. The predicted octanol–water partition coefficient (Wildman–Crippen LogP) is 2.30. The summed E-state index contributed by atoms with van der Waals surface area (Å²) in [6.45, 7) is 2.36. The lowest BCUT2D eigenvalue weighted by Gasteiger charge is -2.10. The van der Waals surface area contributed by atoms with Gasteiger partial charge in [0, 0.05) is 18.4 Å². The Morgan fingerprint density at radius 2 is 1.84 bits per heavy atom. The highest BCUT2D eigenvalue weighted by molar-refractivity contribution is 5.31. The van der Waals surface area contributed by atoms with Crippen molar-refractivity contribution < 1.29 is 9.47 Å². The van der Waals surface area contributed by atoms with E-state index in [0.29, 0.717) is 6.61 Å². The predicted molar refractivity (Wildman–Crippen MR) is 75.7 cm³/mol. The SMILES string of the molecule is CNCc1cccn1CCOc1ccc(OC)cc1. The van der Waals surface area contributed by atoms with Gasteiger partial charge in [-0.3, -0.25) is 0 Å². The van der Waals surface area contributed by atoms with Crippen LogP contribution in [-0.4, -0.2) is 25.3 Å². The molecule has 0 amide bonds. The van der Waals surface area contributed by atoms with Crippen LogP contribution in [0.2, 0.25) is 0 Å². The second-order valence-electron chi connectivity index (χ2n) is 4.25. The molecule has 0 bridgehead atoms. The van der Waals surface area contributed by atoms with Crippen LogP contribution in [0.5, 0.6) is 11.5 Å². The highest BCUT2D eigenvalue weighted by Crippen LogP contribution is 2.17. The summed E-state index contributed by atoms with van der Waals surface area (Å²) in [4.78, 5) is 0. The molecule has 0 spiro atoms. The van der Waals surface area contributed by atoms with Crippen molar-refractivity contribution in [2.24, 2.45) is 0 Å². The maximum absolute atomic E-state index is 5.72. The number of ether oxygens (including phenoxy) is 2. The molecule has 0 unspecified atom stereocenters. The smallest absolute Gasteiger partial charge is 0.119 e. The number of nitrogens with one attached hydrogen (secondary N) is 1. The Hall–Kier alpha value is -1.94. The molecule has 2 rings (SSSR count). The molecular formula is C15H20N2O2. The van der Waals surface area contributed by atoms with Crippen LogP contribution < -0.4 is 14.8 Å². The number of aromatic nitrogens is 1. The molecule has 0 saturated carbocycles. The number of methoxy groups -OCH3 is 1. The molecule has 1 aromatic heterocycles. The molecule has 4 heteroatoms. The van der Waals surface area contributed by atoms with E-state index in [0.717, 1.165) is 24.6 Å². The van der Waals surface area contributed by atoms with Gasteiger partial charge in [0.05, 0.1) is 13.7 Å². The standard InChI is InChI=1S/C15H20N2O2/c1-16-12-13-4-3-9-17(13)10-11-19-15-7-5-14(18-2)6-8-15/h3-9,16H,10-12H2,1-2H3. The van der Waals surface area contributed by atoms with E-state index in [9.17, 15) is 0 Å². The van der Waals surface area contributed by atoms with Crippen LogP contribution in [0.1, 0.15) is 5.69 Å². The van der Waals surface area contributed by atoms with E-state index in [1.54, 1.807) is 7.11 Å². The fourth-order valence-electron chi connectivity index (χ4n) is 1.94. The fraction of sp³-hybridized carbons (Fsp3) is 0.333. The van der Waals surface area contributed by atoms with Crippen LogP contribution in [0.4, 0.5) is 0 Å². The highest BCUT2D eigenvalue weighted by Gasteiger charge is 2.00. The van der Waals surface area contributed by atoms with Crippen LogP contribution >= 0.6 is 0 Å². The van der Waals surface area contributed by atoms with Gasteiger partial charge < -0.3 is 19.4 Å². The first-order chi connectivity index (χ1) is 9.33. The third-order valence-electron chi connectivity index (χ3n) is 2.94. The van der Waals surface area contributed by atoms with E-state index in [1.807, 2.05) is 31.3 Å². The van der Waals surface area contributed by atoms with E-state index in [2.05, 4.69) is 28.2 Å². The van der Waals surface area contributed by atoms with Crippen molar-refractivity contribution in [1.82, 2.24) is 9.88 Å². The molecule has 4 nitrogen and oxygen atoms in total. The van der Waals surface area contributed by atoms with Crippen LogP contribution in [-0.2, 0) is 13.1 Å². The van der Waals surface area contributed by atoms with E-state index < -0.39 is 0 Å². The van der Waals surface area contributed by atoms with E-state index in [4.69, 9.17) is 9.47 Å². The summed E-state index contributed by atoms with van der Waals surface area (Å²) in [6.07, 6.45) is 2.07. The zero-order chi connectivity index (χ0) is 13.5. The molecule has 0 radical (unpaired) electrons. The number of hydrogen-bond acceptors (Lipinski definition) is 3. The van der Waals surface area contributed by atoms with Gasteiger partial charge in [-0.15, -0.1) is 0 Å². The third-order valence-corrected chi connectivity index (χ3v) is 2.94. The molecule has 0 aliphatic carbocycles. The Kier molecular flexibility index (Phi) is 4.86. The van der Waals surface area contributed by atoms with Crippen LogP contribution in [0.25, 0.3) is 0 Å². The molecule has 0 aliphatic heterocycles. The first-order valence-corrected chi connectivity index (χ1v) is 6.39. The molecule has 1 aromatic carbocycles. The lowest BCUT2D eigenvalue weighted by atomic mass is 10.3. The Bertz CT molecular complexity index is 491. The summed E-state index contributed by atoms with van der Waals surface area (Å²) in [7, 11) is 3.61. The molecule has 2 aromatic rings. The van der Waals surface area contributed by atoms with E-state index in [1.165, 1.54) is 5.69 Å². The Balaban J connectivity index is 1.83. The summed E-state index contributed by atoms with van der Waals surface area (Å²) in [6, 6.07) is 11.8. The van der Waals surface area contributed by atoms with Gasteiger partial charge in [-0.2, -0.15) is 0 Å². The van der Waals surface area contributed by atoms with Gasteiger partial charge in [-0.05, 0) is 43.4 Å². The Morgan fingerprint density at radius 1 is 1.11 bits per heavy atom. The van der Waals surface area contributed by atoms with Crippen molar-refractivity contribution in [3.05, 3.63) is 48.3 Å². The molecule has 0 fully saturated rings. The van der Waals surface area contributed by atoms with Crippen molar-refractivity contribution in [3.8, 4) is 11.5 Å². The van der Waals surface area contributed by atoms with E-state index in [-0.39, 0.29) is 0 Å². The van der Waals surface area contributed by atoms with Crippen LogP contribution in [0, 0.1) is 0 Å². The van der Waals surface area contributed by atoms with E-state index >= 15 is 0 Å². The second-order valence-corrected chi connectivity index (χ2v) is 4.25. The second kappa shape index (κ2) is 6.85. The van der Waals surface area contributed by atoms with Gasteiger partial charge in [0.2, 0.25) is 0 Å². The quantitative estimate of drug-likeness (QED) is 0.829. The lowest BCUT2D eigenvalue weighted by Crippen LogP contribution is -2.14. The largest absolute Gasteiger partial charge is 0.497 e. The zero-order valence-electron chi connectivity index (χ0n) is 11.4. The van der Waals surface area contributed by atoms with Gasteiger partial charge >= 0.3 is 0 Å². The summed E-state index contributed by atoms with van der Waals surface area (Å²) in [5.74, 6) is 1.71. The van der Waals surface area contributed by atoms with Gasteiger partial charge in [0.25, 0.3) is 0 Å². The normalized spacial score (nSPS) is 10.4. The highest BCUT2D eigenvalue weighted by atomic mass is 16.5. The maximum atomic E-state index is 5.72. The Morgan fingerprint density at radius 3 is 2.53 bits per heavy atom. The van der Waals surface area contributed by atoms with Crippen molar-refractivity contribution in [2.75, 3.05) is 20.8 Å². The van der Waals surface area contributed by atoms with Crippen molar-refractivity contribution >= 4 is 0 Å². The van der Waals surface area contributed by atoms with Crippen LogP contribution in [0.3, 0.4) is 0 Å². The van der Waals surface area contributed by atoms with Gasteiger partial charge in [0.1, 0.15) is 18.1 Å². The van der Waals surface area contributed by atoms with Crippen LogP contribution in [0.15, 0.2) is 42.6 Å². The molecule has 0 atom stereocenters. The summed E-state index contributed by atoms with van der Waals surface area (Å²) >= 11 is 0. The van der Waals surface area contributed by atoms with Crippen molar-refractivity contribution in [3.63, 3.8) is 0 Å². The monoisotopic (exact) mass is 260 g/mol. The van der Waals surface area contributed by atoms with Gasteiger partial charge in [0.15, 0.2) is 0 Å². The molecular weight excluding hydrogens is 240 g/mol. The molecule has 102 valence electrons. The summed E-state index contributed by atoms with van der Waals surface area (Å²) in [5.41, 5.74) is 1.26. The molecule has 19 heavy (non-hydrogen) atoms. The summed E-state index contributed by atoms with van der Waals surface area (Å²) in [5, 5.41) is 3.16. The maximum Gasteiger partial charge on any atom is 0.119 e. The third kappa shape index (κ3) is 3.76. The first kappa shape index (κ1) is 13.5. The minimum absolute atomic E-state index is 0.651. The molecule has 0 saturated heterocycles. The topological polar surface area (TPSA) is 35.4 Å². The van der Waals surface area contributed by atoms with Gasteiger partial charge in [-0.1, -0.05) is 0 Å². The zero-order valence-corrected chi connectivity index (χ0v) is 11.4. The molecule has 1 heterocycles. The molecule has 1 N–H and O–H groups in total. The average molecular weight is 260 g/mol. The first-order valence-electron chi connectivity index (χ1n) is 6.39. The number of rotatable bonds is 7. The number of benzene rings is 1. The minimum atomic E-state index is 0.651. The van der Waals surface area contributed by atoms with Crippen molar-refractivity contribution in [1.29, 1.82) is 0 Å². The number of hydrogen-bond donors (Lipinski definition) is 1. The fourth-order valence-corrected chi connectivity index (χ4v) is 1.94. The van der Waals surface area contributed by atoms with Crippen molar-refractivity contribution in [2.45, 2.75) is 13.1 Å². The van der Waals surface area contributed by atoms with Gasteiger partial charge in [-0.25, -0.2) is 0 Å². The lowest BCUT2D eigenvalue weighted by molar-refractivity contribution is 0.296. The molecule has 0 aliphatic rings. The number of nitrogens with zero attached hydrogens (tertiary/aromatic N) is 1.